The Morgan fingerprint density at radius 3 is 2.20 bits per heavy atom. The van der Waals surface area contributed by atoms with Gasteiger partial charge in [0.25, 0.3) is 5.91 Å². The lowest BCUT2D eigenvalue weighted by molar-refractivity contribution is -0.148. The Labute approximate surface area is 184 Å². The molecule has 2 aromatic rings. The van der Waals surface area contributed by atoms with Gasteiger partial charge in [-0.3, -0.25) is 4.79 Å². The molecule has 0 heterocycles. The number of anilines is 1. The molecule has 160 valence electrons. The number of rotatable bonds is 8. The van der Waals surface area contributed by atoms with Gasteiger partial charge in [0.1, 0.15) is 0 Å². The van der Waals surface area contributed by atoms with E-state index in [1.54, 1.807) is 24.3 Å². The molecule has 0 saturated heterocycles. The molecule has 0 aromatic heterocycles. The van der Waals surface area contributed by atoms with Gasteiger partial charge >= 0.3 is 5.97 Å². The van der Waals surface area contributed by atoms with Crippen molar-refractivity contribution < 1.29 is 28.5 Å². The molecule has 7 nitrogen and oxygen atoms in total. The number of nitrogens with one attached hydrogen (secondary N) is 1. The maximum Gasteiger partial charge on any atom is 0.331 e. The van der Waals surface area contributed by atoms with E-state index in [4.69, 9.17) is 42.1 Å². The second kappa shape index (κ2) is 10.8. The highest BCUT2D eigenvalue weighted by Crippen LogP contribution is 2.38. The summed E-state index contributed by atoms with van der Waals surface area (Å²) in [5.74, 6) is 0.0639. The van der Waals surface area contributed by atoms with E-state index < -0.39 is 18.0 Å². The molecule has 1 N–H and O–H groups in total. The van der Waals surface area contributed by atoms with Crippen molar-refractivity contribution in [2.45, 2.75) is 13.0 Å². The zero-order chi connectivity index (χ0) is 22.3. The van der Waals surface area contributed by atoms with Crippen LogP contribution in [0.5, 0.6) is 17.2 Å². The molecule has 1 amide bonds. The SMILES string of the molecule is COc1cc(C=CC(=O)OC(C)C(=O)Nc2cc(Cl)ccc2Cl)cc(OC)c1OC. The highest BCUT2D eigenvalue weighted by atomic mass is 35.5. The Hall–Kier alpha value is -2.90. The molecule has 30 heavy (non-hydrogen) atoms. The van der Waals surface area contributed by atoms with Crippen LogP contribution in [0.15, 0.2) is 36.4 Å². The van der Waals surface area contributed by atoms with Crippen LogP contribution in [-0.2, 0) is 14.3 Å². The lowest BCUT2D eigenvalue weighted by Gasteiger charge is -2.14. The van der Waals surface area contributed by atoms with Gasteiger partial charge < -0.3 is 24.3 Å². The molecule has 1 atom stereocenters. The minimum atomic E-state index is -1.06. The number of carbonyl (C=O) groups excluding carboxylic acids is 2. The summed E-state index contributed by atoms with van der Waals surface area (Å²) in [6.07, 6.45) is 1.64. The van der Waals surface area contributed by atoms with E-state index in [1.165, 1.54) is 46.5 Å². The number of ether oxygens (including phenoxy) is 4. The molecule has 2 aromatic carbocycles. The van der Waals surface area contributed by atoms with Gasteiger partial charge in [-0.1, -0.05) is 23.2 Å². The van der Waals surface area contributed by atoms with Crippen molar-refractivity contribution in [1.82, 2.24) is 0 Å². The van der Waals surface area contributed by atoms with E-state index in [9.17, 15) is 9.59 Å². The van der Waals surface area contributed by atoms with Gasteiger partial charge in [0.05, 0.1) is 32.0 Å². The smallest absolute Gasteiger partial charge is 0.331 e. The summed E-state index contributed by atoms with van der Waals surface area (Å²) < 4.78 is 20.9. The Morgan fingerprint density at radius 2 is 1.63 bits per heavy atom. The minimum absolute atomic E-state index is 0.313. The maximum absolute atomic E-state index is 12.3. The summed E-state index contributed by atoms with van der Waals surface area (Å²) >= 11 is 11.9. The highest BCUT2D eigenvalue weighted by Gasteiger charge is 2.18. The predicted molar refractivity (Wildman–Crippen MR) is 116 cm³/mol. The topological polar surface area (TPSA) is 83.1 Å². The Bertz CT molecular complexity index is 936. The fraction of sp³-hybridized carbons (Fsp3) is 0.238. The molecule has 0 saturated carbocycles. The van der Waals surface area contributed by atoms with Crippen molar-refractivity contribution in [2.75, 3.05) is 26.6 Å². The lowest BCUT2D eigenvalue weighted by Crippen LogP contribution is -2.29. The summed E-state index contributed by atoms with van der Waals surface area (Å²) in [6.45, 7) is 1.44. The third kappa shape index (κ3) is 6.05. The van der Waals surface area contributed by atoms with E-state index in [0.29, 0.717) is 38.5 Å². The number of halogens is 2. The van der Waals surface area contributed by atoms with Gasteiger partial charge in [-0.05, 0) is 48.9 Å². The Kier molecular flexibility index (Phi) is 8.38. The Morgan fingerprint density at radius 1 is 1.00 bits per heavy atom. The molecule has 1 unspecified atom stereocenters. The largest absolute Gasteiger partial charge is 0.493 e. The normalized spacial score (nSPS) is 11.7. The van der Waals surface area contributed by atoms with Crippen molar-refractivity contribution in [2.24, 2.45) is 0 Å². The fourth-order valence-electron chi connectivity index (χ4n) is 2.46. The standard InChI is InChI=1S/C21H21Cl2NO6/c1-12(21(26)24-16-11-14(22)6-7-15(16)23)30-19(25)8-5-13-9-17(27-2)20(29-4)18(10-13)28-3/h5-12H,1-4H3,(H,24,26). The van der Waals surface area contributed by atoms with Crippen LogP contribution in [-0.4, -0.2) is 39.3 Å². The molecule has 0 bridgehead atoms. The van der Waals surface area contributed by atoms with Gasteiger partial charge in [-0.15, -0.1) is 0 Å². The van der Waals surface area contributed by atoms with E-state index in [-0.39, 0.29) is 0 Å². The van der Waals surface area contributed by atoms with Crippen molar-refractivity contribution in [3.8, 4) is 17.2 Å². The van der Waals surface area contributed by atoms with Crippen LogP contribution < -0.4 is 19.5 Å². The third-order valence-corrected chi connectivity index (χ3v) is 4.51. The maximum atomic E-state index is 12.3. The first-order valence-corrected chi connectivity index (χ1v) is 9.49. The molecule has 0 radical (unpaired) electrons. The number of amides is 1. The third-order valence-electron chi connectivity index (χ3n) is 3.95. The summed E-state index contributed by atoms with van der Waals surface area (Å²) in [6, 6.07) is 7.98. The van der Waals surface area contributed by atoms with Crippen LogP contribution in [0, 0.1) is 0 Å². The number of methoxy groups -OCH3 is 3. The van der Waals surface area contributed by atoms with Crippen LogP contribution in [0.1, 0.15) is 12.5 Å². The first-order valence-electron chi connectivity index (χ1n) is 8.73. The highest BCUT2D eigenvalue weighted by molar-refractivity contribution is 6.35. The van der Waals surface area contributed by atoms with Crippen LogP contribution in [0.2, 0.25) is 10.0 Å². The average molecular weight is 454 g/mol. The first-order chi connectivity index (χ1) is 14.3. The molecule has 0 aliphatic rings. The summed E-state index contributed by atoms with van der Waals surface area (Å²) in [5, 5.41) is 3.29. The predicted octanol–water partition coefficient (Wildman–Crippen LogP) is 4.60. The summed E-state index contributed by atoms with van der Waals surface area (Å²) in [5.41, 5.74) is 0.939. The zero-order valence-electron chi connectivity index (χ0n) is 16.8. The molecule has 0 aliphatic carbocycles. The minimum Gasteiger partial charge on any atom is -0.493 e. The molecule has 9 heteroatoms. The first kappa shape index (κ1) is 23.4. The van der Waals surface area contributed by atoms with Gasteiger partial charge in [0.2, 0.25) is 5.75 Å². The number of carbonyl (C=O) groups is 2. The van der Waals surface area contributed by atoms with Gasteiger partial charge in [0.15, 0.2) is 17.6 Å². The van der Waals surface area contributed by atoms with Crippen LogP contribution in [0.4, 0.5) is 5.69 Å². The van der Waals surface area contributed by atoms with E-state index >= 15 is 0 Å². The molecular weight excluding hydrogens is 433 g/mol. The van der Waals surface area contributed by atoms with Crippen molar-refractivity contribution in [3.63, 3.8) is 0 Å². The lowest BCUT2D eigenvalue weighted by atomic mass is 10.1. The van der Waals surface area contributed by atoms with Gasteiger partial charge in [-0.25, -0.2) is 4.79 Å². The van der Waals surface area contributed by atoms with Gasteiger partial charge in [0, 0.05) is 11.1 Å². The Balaban J connectivity index is 2.05. The summed E-state index contributed by atoms with van der Waals surface area (Å²) in [4.78, 5) is 24.4. The monoisotopic (exact) mass is 453 g/mol. The molecule has 2 rings (SSSR count). The van der Waals surface area contributed by atoms with E-state index in [1.807, 2.05) is 0 Å². The van der Waals surface area contributed by atoms with Crippen molar-refractivity contribution in [1.29, 1.82) is 0 Å². The molecular formula is C21H21Cl2NO6. The molecule has 0 fully saturated rings. The van der Waals surface area contributed by atoms with Crippen LogP contribution in [0.25, 0.3) is 6.08 Å². The van der Waals surface area contributed by atoms with E-state index in [2.05, 4.69) is 5.32 Å². The molecule has 0 spiro atoms. The van der Waals surface area contributed by atoms with Crippen LogP contribution >= 0.6 is 23.2 Å². The zero-order valence-corrected chi connectivity index (χ0v) is 18.3. The summed E-state index contributed by atoms with van der Waals surface area (Å²) in [7, 11) is 4.48. The average Bonchev–Trinajstić information content (AvgIpc) is 2.73. The van der Waals surface area contributed by atoms with Gasteiger partial charge in [-0.2, -0.15) is 0 Å². The number of benzene rings is 2. The molecule has 0 aliphatic heterocycles. The second-order valence-corrected chi connectivity index (χ2v) is 6.83. The number of esters is 1. The quantitative estimate of drug-likeness (QED) is 0.464. The van der Waals surface area contributed by atoms with Crippen LogP contribution in [0.3, 0.4) is 0 Å². The second-order valence-electron chi connectivity index (χ2n) is 5.98. The number of hydrogen-bond acceptors (Lipinski definition) is 6. The number of hydrogen-bond donors (Lipinski definition) is 1. The van der Waals surface area contributed by atoms with Crippen molar-refractivity contribution in [3.05, 3.63) is 52.0 Å². The van der Waals surface area contributed by atoms with E-state index in [0.717, 1.165) is 0 Å². The van der Waals surface area contributed by atoms with Crippen molar-refractivity contribution >= 4 is 46.8 Å². The fourth-order valence-corrected chi connectivity index (χ4v) is 2.79.